The number of hydrogen-bond acceptors (Lipinski definition) is 2. The zero-order valence-electron chi connectivity index (χ0n) is 13.7. The second kappa shape index (κ2) is 5.17. The van der Waals surface area contributed by atoms with Gasteiger partial charge in [-0.1, -0.05) is 31.6 Å². The molecule has 3 rings (SSSR count). The van der Waals surface area contributed by atoms with Gasteiger partial charge in [-0.3, -0.25) is 4.90 Å². The van der Waals surface area contributed by atoms with Gasteiger partial charge >= 0.3 is 0 Å². The first kappa shape index (κ1) is 14.6. The molecule has 1 aromatic rings. The Hall–Kier alpha value is -1.28. The third-order valence-electron chi connectivity index (χ3n) is 5.84. The van der Waals surface area contributed by atoms with Gasteiger partial charge in [0.05, 0.1) is 0 Å². The molecule has 2 aliphatic rings. The lowest BCUT2D eigenvalue weighted by atomic mass is 9.59. The molecule has 1 aliphatic heterocycles. The Labute approximate surface area is 128 Å². The van der Waals surface area contributed by atoms with Crippen LogP contribution in [0.15, 0.2) is 29.8 Å². The first-order valence-corrected chi connectivity index (χ1v) is 8.11. The highest BCUT2D eigenvalue weighted by atomic mass is 16.3. The fraction of sp³-hybridized carbons (Fsp3) is 0.579. The molecule has 1 N–H and O–H groups in total. The molecular weight excluding hydrogens is 258 g/mol. The van der Waals surface area contributed by atoms with E-state index >= 15 is 0 Å². The van der Waals surface area contributed by atoms with Gasteiger partial charge in [-0.15, -0.1) is 0 Å². The minimum Gasteiger partial charge on any atom is -0.508 e. The van der Waals surface area contributed by atoms with Gasteiger partial charge in [-0.25, -0.2) is 0 Å². The number of nitrogens with zero attached hydrogens (tertiary/aromatic N) is 1. The molecule has 1 aliphatic carbocycles. The first-order chi connectivity index (χ1) is 9.91. The van der Waals surface area contributed by atoms with Crippen LogP contribution in [0.3, 0.4) is 0 Å². The van der Waals surface area contributed by atoms with E-state index in [0.717, 1.165) is 19.5 Å². The van der Waals surface area contributed by atoms with Crippen molar-refractivity contribution in [2.24, 2.45) is 5.92 Å². The van der Waals surface area contributed by atoms with Gasteiger partial charge in [0.1, 0.15) is 5.75 Å². The van der Waals surface area contributed by atoms with Crippen LogP contribution in [0.1, 0.15) is 45.2 Å². The monoisotopic (exact) mass is 285 g/mol. The van der Waals surface area contributed by atoms with Crippen LogP contribution >= 0.6 is 0 Å². The van der Waals surface area contributed by atoms with E-state index < -0.39 is 0 Å². The molecule has 0 saturated carbocycles. The van der Waals surface area contributed by atoms with E-state index in [-0.39, 0.29) is 5.41 Å². The van der Waals surface area contributed by atoms with Gasteiger partial charge in [0.2, 0.25) is 0 Å². The van der Waals surface area contributed by atoms with Gasteiger partial charge in [-0.05, 0) is 67.8 Å². The lowest BCUT2D eigenvalue weighted by Crippen LogP contribution is -2.57. The Morgan fingerprint density at radius 2 is 2.19 bits per heavy atom. The zero-order chi connectivity index (χ0) is 15.2. The van der Waals surface area contributed by atoms with Crippen LogP contribution in [0.4, 0.5) is 0 Å². The van der Waals surface area contributed by atoms with Crippen LogP contribution in [0, 0.1) is 5.92 Å². The third-order valence-corrected chi connectivity index (χ3v) is 5.84. The number of likely N-dealkylation sites (tertiary alicyclic amines) is 1. The second-order valence-electron chi connectivity index (χ2n) is 7.35. The quantitative estimate of drug-likeness (QED) is 0.834. The van der Waals surface area contributed by atoms with Crippen molar-refractivity contribution in [2.75, 3.05) is 13.1 Å². The van der Waals surface area contributed by atoms with Crippen LogP contribution in [0.5, 0.6) is 5.75 Å². The standard InChI is InChI=1S/C19H27NO/c1-13(2)7-9-20-10-8-19(4)14(3)18(20)11-15-5-6-16(21)12-17(15)19/h5-7,12,14,18,21H,8-11H2,1-4H3/t14?,18-,19-/m0/s1. The topological polar surface area (TPSA) is 23.5 Å². The number of benzene rings is 1. The summed E-state index contributed by atoms with van der Waals surface area (Å²) in [4.78, 5) is 2.65. The molecule has 2 heteroatoms. The number of phenolic OH excluding ortho intramolecular Hbond substituents is 1. The van der Waals surface area contributed by atoms with E-state index in [2.05, 4.69) is 44.7 Å². The number of piperidine rings is 1. The number of aromatic hydroxyl groups is 1. The molecule has 3 atom stereocenters. The average molecular weight is 285 g/mol. The van der Waals surface area contributed by atoms with Crippen LogP contribution < -0.4 is 0 Å². The fourth-order valence-electron chi connectivity index (χ4n) is 4.22. The van der Waals surface area contributed by atoms with Gasteiger partial charge in [0, 0.05) is 12.6 Å². The van der Waals surface area contributed by atoms with Crippen molar-refractivity contribution in [3.05, 3.63) is 41.0 Å². The van der Waals surface area contributed by atoms with E-state index in [1.165, 1.54) is 23.1 Å². The molecule has 2 bridgehead atoms. The summed E-state index contributed by atoms with van der Waals surface area (Å²) in [7, 11) is 0. The van der Waals surface area contributed by atoms with E-state index in [0.29, 0.717) is 17.7 Å². The molecule has 0 radical (unpaired) electrons. The summed E-state index contributed by atoms with van der Waals surface area (Å²) < 4.78 is 0. The highest BCUT2D eigenvalue weighted by molar-refractivity contribution is 5.44. The molecule has 0 spiro atoms. The van der Waals surface area contributed by atoms with Gasteiger partial charge in [0.25, 0.3) is 0 Å². The number of phenols is 1. The van der Waals surface area contributed by atoms with E-state index in [4.69, 9.17) is 0 Å². The molecule has 0 amide bonds. The molecule has 114 valence electrons. The van der Waals surface area contributed by atoms with Crippen molar-refractivity contribution in [1.82, 2.24) is 4.90 Å². The fourth-order valence-corrected chi connectivity index (χ4v) is 4.22. The third kappa shape index (κ3) is 2.40. The highest BCUT2D eigenvalue weighted by Crippen LogP contribution is 2.49. The van der Waals surface area contributed by atoms with Gasteiger partial charge in [-0.2, -0.15) is 0 Å². The molecule has 1 fully saturated rings. The zero-order valence-corrected chi connectivity index (χ0v) is 13.7. The first-order valence-electron chi connectivity index (χ1n) is 8.11. The summed E-state index contributed by atoms with van der Waals surface area (Å²) >= 11 is 0. The van der Waals surface area contributed by atoms with E-state index in [9.17, 15) is 5.11 Å². The molecule has 1 aromatic carbocycles. The Morgan fingerprint density at radius 1 is 1.43 bits per heavy atom. The number of fused-ring (bicyclic) bond motifs is 4. The molecule has 1 heterocycles. The van der Waals surface area contributed by atoms with Crippen molar-refractivity contribution in [2.45, 2.75) is 52.0 Å². The Balaban J connectivity index is 1.96. The summed E-state index contributed by atoms with van der Waals surface area (Å²) in [5.41, 5.74) is 4.42. The summed E-state index contributed by atoms with van der Waals surface area (Å²) in [5, 5.41) is 9.87. The highest BCUT2D eigenvalue weighted by Gasteiger charge is 2.48. The normalized spacial score (nSPS) is 31.6. The maximum absolute atomic E-state index is 9.87. The maximum atomic E-state index is 9.87. The Kier molecular flexibility index (Phi) is 3.61. The maximum Gasteiger partial charge on any atom is 0.115 e. The molecule has 2 nitrogen and oxygen atoms in total. The van der Waals surface area contributed by atoms with E-state index in [1.807, 2.05) is 12.1 Å². The molecule has 1 saturated heterocycles. The van der Waals surface area contributed by atoms with E-state index in [1.54, 1.807) is 0 Å². The Morgan fingerprint density at radius 3 is 2.90 bits per heavy atom. The average Bonchev–Trinajstić information content (AvgIpc) is 2.43. The molecule has 1 unspecified atom stereocenters. The van der Waals surface area contributed by atoms with Gasteiger partial charge in [0.15, 0.2) is 0 Å². The SMILES string of the molecule is CC(C)=CCN1CC[C@]2(C)c3cc(O)ccc3C[C@H]1C2C. The summed E-state index contributed by atoms with van der Waals surface area (Å²) in [6.45, 7) is 11.4. The largest absolute Gasteiger partial charge is 0.508 e. The van der Waals surface area contributed by atoms with Crippen LogP contribution in [0.2, 0.25) is 0 Å². The lowest BCUT2D eigenvalue weighted by Gasteiger charge is -2.54. The molecule has 21 heavy (non-hydrogen) atoms. The summed E-state index contributed by atoms with van der Waals surface area (Å²) in [6.07, 6.45) is 4.64. The summed E-state index contributed by atoms with van der Waals surface area (Å²) in [5.74, 6) is 1.04. The molecule has 0 aromatic heterocycles. The number of rotatable bonds is 2. The predicted molar refractivity (Wildman–Crippen MR) is 87.7 cm³/mol. The van der Waals surface area contributed by atoms with Crippen LogP contribution in [0.25, 0.3) is 0 Å². The second-order valence-corrected chi connectivity index (χ2v) is 7.35. The summed E-state index contributed by atoms with van der Waals surface area (Å²) in [6, 6.07) is 6.60. The predicted octanol–water partition coefficient (Wildman–Crippen LogP) is 3.88. The molecular formula is C19H27NO. The van der Waals surface area contributed by atoms with Crippen molar-refractivity contribution in [3.8, 4) is 5.75 Å². The lowest BCUT2D eigenvalue weighted by molar-refractivity contribution is 0.0397. The number of hydrogen-bond donors (Lipinski definition) is 1. The van der Waals surface area contributed by atoms with Gasteiger partial charge < -0.3 is 5.11 Å². The van der Waals surface area contributed by atoms with Crippen LogP contribution in [-0.2, 0) is 11.8 Å². The smallest absolute Gasteiger partial charge is 0.115 e. The minimum atomic E-state index is 0.207. The van der Waals surface area contributed by atoms with Crippen molar-refractivity contribution in [1.29, 1.82) is 0 Å². The van der Waals surface area contributed by atoms with Crippen molar-refractivity contribution < 1.29 is 5.11 Å². The van der Waals surface area contributed by atoms with Crippen LogP contribution in [-0.4, -0.2) is 29.1 Å². The van der Waals surface area contributed by atoms with Crippen molar-refractivity contribution >= 4 is 0 Å². The number of allylic oxidation sites excluding steroid dienone is 1. The Bertz CT molecular complexity index is 573. The minimum absolute atomic E-state index is 0.207. The van der Waals surface area contributed by atoms with Crippen molar-refractivity contribution in [3.63, 3.8) is 0 Å².